The number of hydrogen-bond acceptors (Lipinski definition) is 1. The molecule has 1 saturated heterocycles. The zero-order chi connectivity index (χ0) is 17.6. The second kappa shape index (κ2) is 6.21. The molecule has 1 fully saturated rings. The molecule has 6 rings (SSSR count). The minimum absolute atomic E-state index is 0.225. The van der Waals surface area contributed by atoms with E-state index in [1.807, 2.05) is 0 Å². The van der Waals surface area contributed by atoms with Crippen LogP contribution in [0.2, 0.25) is 0 Å². The molecule has 2 aromatic carbocycles. The number of quaternary nitrogens is 1. The summed E-state index contributed by atoms with van der Waals surface area (Å²) in [7, 11) is 2.42. The molecule has 0 aromatic heterocycles. The van der Waals surface area contributed by atoms with Crippen LogP contribution in [-0.2, 0) is 10.3 Å². The third kappa shape index (κ3) is 2.46. The van der Waals surface area contributed by atoms with Crippen LogP contribution in [0, 0.1) is 0 Å². The fourth-order valence-electron chi connectivity index (χ4n) is 5.75. The third-order valence-electron chi connectivity index (χ3n) is 7.20. The van der Waals surface area contributed by atoms with Gasteiger partial charge in [-0.1, -0.05) is 48.5 Å². The number of likely N-dealkylation sites (N-methyl/N-ethyl adjacent to an activating group) is 1. The van der Waals surface area contributed by atoms with Crippen molar-refractivity contribution >= 4 is 0 Å². The van der Waals surface area contributed by atoms with Crippen LogP contribution < -0.4 is 0 Å². The number of rotatable bonds is 4. The summed E-state index contributed by atoms with van der Waals surface area (Å²) in [6, 6.07) is 18.0. The van der Waals surface area contributed by atoms with Crippen LogP contribution in [0.4, 0.5) is 0 Å². The number of hydrogen-bond donors (Lipinski definition) is 0. The summed E-state index contributed by atoms with van der Waals surface area (Å²) in [5.41, 5.74) is 5.62. The fourth-order valence-corrected chi connectivity index (χ4v) is 5.75. The predicted molar refractivity (Wildman–Crippen MR) is 105 cm³/mol. The molecule has 1 heterocycles. The van der Waals surface area contributed by atoms with Crippen molar-refractivity contribution in [1.29, 1.82) is 0 Å². The molecular formula is C24H30NO+. The largest absolute Gasteiger partial charge is 0.360 e. The van der Waals surface area contributed by atoms with Crippen LogP contribution in [-0.4, -0.2) is 37.8 Å². The molecule has 0 saturated carbocycles. The van der Waals surface area contributed by atoms with E-state index in [-0.39, 0.29) is 5.60 Å². The van der Waals surface area contributed by atoms with Gasteiger partial charge in [0.2, 0.25) is 0 Å². The standard InChI is InChI=1S/C24H30NO/c1-25(15-7-2-8-16-25)17-18-26-24-14-13-19(20-9-3-5-11-22(20)24)21-10-4-6-12-23(21)24/h3-6,9-12,19H,2,7-8,13-18H2,1H3/q+1. The fraction of sp³-hybridized carbons (Fsp3) is 0.500. The first-order chi connectivity index (χ1) is 12.7. The minimum atomic E-state index is -0.225. The summed E-state index contributed by atoms with van der Waals surface area (Å²) in [5, 5.41) is 0. The van der Waals surface area contributed by atoms with Gasteiger partial charge in [0.1, 0.15) is 12.1 Å². The molecule has 0 radical (unpaired) electrons. The molecule has 136 valence electrons. The van der Waals surface area contributed by atoms with E-state index in [1.165, 1.54) is 65.5 Å². The maximum Gasteiger partial charge on any atom is 0.119 e. The van der Waals surface area contributed by atoms with Crippen molar-refractivity contribution in [2.24, 2.45) is 0 Å². The first kappa shape index (κ1) is 16.5. The lowest BCUT2D eigenvalue weighted by Crippen LogP contribution is -2.51. The van der Waals surface area contributed by atoms with Gasteiger partial charge in [0, 0.05) is 5.92 Å². The number of benzene rings is 2. The van der Waals surface area contributed by atoms with Crippen molar-refractivity contribution in [1.82, 2.24) is 0 Å². The molecule has 0 N–H and O–H groups in total. The first-order valence-corrected chi connectivity index (χ1v) is 10.4. The van der Waals surface area contributed by atoms with Gasteiger partial charge in [-0.15, -0.1) is 0 Å². The van der Waals surface area contributed by atoms with E-state index >= 15 is 0 Å². The molecule has 0 spiro atoms. The Morgan fingerprint density at radius 1 is 0.923 bits per heavy atom. The van der Waals surface area contributed by atoms with Gasteiger partial charge < -0.3 is 9.22 Å². The monoisotopic (exact) mass is 348 g/mol. The summed E-state index contributed by atoms with van der Waals surface area (Å²) in [4.78, 5) is 0. The molecule has 0 unspecified atom stereocenters. The van der Waals surface area contributed by atoms with Gasteiger partial charge in [-0.2, -0.15) is 0 Å². The van der Waals surface area contributed by atoms with Crippen LogP contribution in [0.25, 0.3) is 0 Å². The lowest BCUT2D eigenvalue weighted by molar-refractivity contribution is -0.914. The smallest absolute Gasteiger partial charge is 0.119 e. The summed E-state index contributed by atoms with van der Waals surface area (Å²) >= 11 is 0. The highest BCUT2D eigenvalue weighted by Gasteiger charge is 2.49. The van der Waals surface area contributed by atoms with E-state index in [0.29, 0.717) is 5.92 Å². The molecule has 3 aliphatic carbocycles. The zero-order valence-corrected chi connectivity index (χ0v) is 15.9. The molecule has 0 atom stereocenters. The predicted octanol–water partition coefficient (Wildman–Crippen LogP) is 4.82. The van der Waals surface area contributed by atoms with Crippen molar-refractivity contribution in [3.8, 4) is 0 Å². The SMILES string of the molecule is C[N+]1(CCOC23CCC(c4ccccc42)c2ccccc23)CCCCC1. The average Bonchev–Trinajstić information content (AvgIpc) is 2.69. The van der Waals surface area contributed by atoms with E-state index in [4.69, 9.17) is 4.74 Å². The van der Waals surface area contributed by atoms with Crippen LogP contribution in [0.15, 0.2) is 48.5 Å². The highest BCUT2D eigenvalue weighted by atomic mass is 16.5. The highest BCUT2D eigenvalue weighted by Crippen LogP contribution is 2.56. The topological polar surface area (TPSA) is 9.23 Å². The Morgan fingerprint density at radius 2 is 1.54 bits per heavy atom. The lowest BCUT2D eigenvalue weighted by atomic mass is 9.61. The van der Waals surface area contributed by atoms with E-state index in [1.54, 1.807) is 0 Å². The summed E-state index contributed by atoms with van der Waals surface area (Å²) in [6.07, 6.45) is 6.47. The molecule has 2 nitrogen and oxygen atoms in total. The molecular weight excluding hydrogens is 318 g/mol. The Morgan fingerprint density at radius 3 is 2.19 bits per heavy atom. The summed E-state index contributed by atoms with van der Waals surface area (Å²) in [6.45, 7) is 4.61. The molecule has 2 heteroatoms. The van der Waals surface area contributed by atoms with Crippen molar-refractivity contribution in [2.45, 2.75) is 43.6 Å². The van der Waals surface area contributed by atoms with Gasteiger partial charge in [0.05, 0.1) is 26.7 Å². The normalized spacial score (nSPS) is 28.4. The number of nitrogens with zero attached hydrogens (tertiary/aromatic N) is 1. The summed E-state index contributed by atoms with van der Waals surface area (Å²) < 4.78 is 8.05. The van der Waals surface area contributed by atoms with Crippen LogP contribution in [0.1, 0.15) is 60.3 Å². The van der Waals surface area contributed by atoms with Crippen molar-refractivity contribution in [3.63, 3.8) is 0 Å². The van der Waals surface area contributed by atoms with E-state index < -0.39 is 0 Å². The Labute approximate surface area is 157 Å². The molecule has 26 heavy (non-hydrogen) atoms. The third-order valence-corrected chi connectivity index (χ3v) is 7.20. The lowest BCUT2D eigenvalue weighted by Gasteiger charge is -2.49. The number of piperidine rings is 1. The Balaban J connectivity index is 1.47. The van der Waals surface area contributed by atoms with Crippen molar-refractivity contribution < 1.29 is 9.22 Å². The Hall–Kier alpha value is -1.64. The van der Waals surface area contributed by atoms with Crippen LogP contribution in [0.3, 0.4) is 0 Å². The summed E-state index contributed by atoms with van der Waals surface area (Å²) in [5.74, 6) is 0.555. The zero-order valence-electron chi connectivity index (χ0n) is 15.9. The maximum absolute atomic E-state index is 6.86. The molecule has 2 bridgehead atoms. The highest BCUT2D eigenvalue weighted by molar-refractivity contribution is 5.57. The number of likely N-dealkylation sites (tertiary alicyclic amines) is 1. The Kier molecular flexibility index (Phi) is 3.95. The minimum Gasteiger partial charge on any atom is -0.360 e. The molecule has 2 aromatic rings. The van der Waals surface area contributed by atoms with Gasteiger partial charge in [0.25, 0.3) is 0 Å². The number of fused-ring (bicyclic) bond motifs is 1. The quantitative estimate of drug-likeness (QED) is 0.720. The van der Waals surface area contributed by atoms with Crippen LogP contribution >= 0.6 is 0 Å². The number of ether oxygens (including phenoxy) is 1. The second-order valence-electron chi connectivity index (χ2n) is 8.79. The van der Waals surface area contributed by atoms with Gasteiger partial charge >= 0.3 is 0 Å². The molecule has 0 amide bonds. The van der Waals surface area contributed by atoms with E-state index in [2.05, 4.69) is 55.6 Å². The van der Waals surface area contributed by atoms with E-state index in [0.717, 1.165) is 19.6 Å². The molecule has 1 aliphatic heterocycles. The van der Waals surface area contributed by atoms with Crippen molar-refractivity contribution in [3.05, 3.63) is 70.8 Å². The van der Waals surface area contributed by atoms with E-state index in [9.17, 15) is 0 Å². The van der Waals surface area contributed by atoms with Gasteiger partial charge in [0.15, 0.2) is 0 Å². The Bertz CT molecular complexity index is 758. The molecule has 4 aliphatic rings. The second-order valence-corrected chi connectivity index (χ2v) is 8.79. The van der Waals surface area contributed by atoms with Crippen LogP contribution in [0.5, 0.6) is 0 Å². The van der Waals surface area contributed by atoms with Crippen molar-refractivity contribution in [2.75, 3.05) is 33.3 Å². The maximum atomic E-state index is 6.86. The van der Waals surface area contributed by atoms with Gasteiger partial charge in [-0.25, -0.2) is 0 Å². The first-order valence-electron chi connectivity index (χ1n) is 10.4. The van der Waals surface area contributed by atoms with Gasteiger partial charge in [-0.05, 0) is 54.4 Å². The average molecular weight is 349 g/mol. The van der Waals surface area contributed by atoms with Gasteiger partial charge in [-0.3, -0.25) is 0 Å².